The minimum atomic E-state index is 0.152. The molecule has 0 saturated carbocycles. The molecule has 1 aromatic heterocycles. The Morgan fingerprint density at radius 2 is 2.04 bits per heavy atom. The normalized spacial score (nSPS) is 18.9. The molecule has 1 aromatic carbocycles. The standard InChI is InChI=1S/C21H23N3O/c1-14-4-7-19-17(10-14)18-13-23(3)21(25)11-20(18)24(19)9-8-16-6-5-15(2)22-12-16/h4-7,10,12-13,20H,8-9,11H2,1-3H3. The van der Waals surface area contributed by atoms with E-state index in [1.54, 1.807) is 4.90 Å². The van der Waals surface area contributed by atoms with Crippen molar-refractivity contribution in [2.24, 2.45) is 0 Å². The molecular weight excluding hydrogens is 310 g/mol. The summed E-state index contributed by atoms with van der Waals surface area (Å²) >= 11 is 0. The summed E-state index contributed by atoms with van der Waals surface area (Å²) in [6.07, 6.45) is 5.44. The second-order valence-corrected chi connectivity index (χ2v) is 7.08. The summed E-state index contributed by atoms with van der Waals surface area (Å²) in [5.74, 6) is 0.181. The molecule has 25 heavy (non-hydrogen) atoms. The number of rotatable bonds is 3. The van der Waals surface area contributed by atoms with Gasteiger partial charge in [-0.2, -0.15) is 0 Å². The maximum atomic E-state index is 12.3. The number of anilines is 1. The Morgan fingerprint density at radius 3 is 2.80 bits per heavy atom. The van der Waals surface area contributed by atoms with Gasteiger partial charge >= 0.3 is 0 Å². The van der Waals surface area contributed by atoms with Crippen molar-refractivity contribution in [1.82, 2.24) is 9.88 Å². The van der Waals surface area contributed by atoms with Crippen LogP contribution in [0.4, 0.5) is 5.69 Å². The lowest BCUT2D eigenvalue weighted by Crippen LogP contribution is -2.40. The Hall–Kier alpha value is -2.62. The Morgan fingerprint density at radius 1 is 1.20 bits per heavy atom. The first-order valence-corrected chi connectivity index (χ1v) is 8.79. The minimum Gasteiger partial charge on any atom is -0.363 e. The third kappa shape index (κ3) is 2.82. The van der Waals surface area contributed by atoms with E-state index in [1.165, 1.54) is 28.0 Å². The maximum Gasteiger partial charge on any atom is 0.228 e. The van der Waals surface area contributed by atoms with Crippen molar-refractivity contribution in [2.45, 2.75) is 32.7 Å². The van der Waals surface area contributed by atoms with Gasteiger partial charge in [-0.05, 0) is 44.0 Å². The molecule has 0 N–H and O–H groups in total. The molecule has 1 unspecified atom stereocenters. The number of hydrogen-bond acceptors (Lipinski definition) is 3. The van der Waals surface area contributed by atoms with E-state index in [-0.39, 0.29) is 11.9 Å². The fourth-order valence-electron chi connectivity index (χ4n) is 3.78. The van der Waals surface area contributed by atoms with Crippen molar-refractivity contribution in [3.8, 4) is 0 Å². The van der Waals surface area contributed by atoms with Crippen molar-refractivity contribution >= 4 is 17.2 Å². The third-order valence-electron chi connectivity index (χ3n) is 5.22. The average Bonchev–Trinajstić information content (AvgIpc) is 2.87. The Labute approximate surface area is 148 Å². The van der Waals surface area contributed by atoms with E-state index in [0.29, 0.717) is 6.42 Å². The van der Waals surface area contributed by atoms with Crippen LogP contribution in [0, 0.1) is 13.8 Å². The molecule has 2 aliphatic rings. The van der Waals surface area contributed by atoms with Gasteiger partial charge in [0, 0.05) is 48.5 Å². The van der Waals surface area contributed by atoms with Crippen LogP contribution in [0.15, 0.2) is 42.7 Å². The van der Waals surface area contributed by atoms with Gasteiger partial charge in [0.2, 0.25) is 5.91 Å². The lowest BCUT2D eigenvalue weighted by molar-refractivity contribution is -0.128. The van der Waals surface area contributed by atoms with Gasteiger partial charge in [0.25, 0.3) is 0 Å². The summed E-state index contributed by atoms with van der Waals surface area (Å²) in [5.41, 5.74) is 7.30. The molecule has 4 nitrogen and oxygen atoms in total. The van der Waals surface area contributed by atoms with Gasteiger partial charge in [-0.15, -0.1) is 0 Å². The Bertz CT molecular complexity index is 854. The quantitative estimate of drug-likeness (QED) is 0.864. The molecule has 1 amide bonds. The minimum absolute atomic E-state index is 0.152. The van der Waals surface area contributed by atoms with Crippen LogP contribution in [0.2, 0.25) is 0 Å². The molecule has 0 bridgehead atoms. The van der Waals surface area contributed by atoms with Crippen molar-refractivity contribution in [2.75, 3.05) is 18.5 Å². The van der Waals surface area contributed by atoms with E-state index in [0.717, 1.165) is 18.7 Å². The fourth-order valence-corrected chi connectivity index (χ4v) is 3.78. The number of benzene rings is 1. The van der Waals surface area contributed by atoms with E-state index in [2.05, 4.69) is 47.1 Å². The third-order valence-corrected chi connectivity index (χ3v) is 5.22. The monoisotopic (exact) mass is 333 g/mol. The van der Waals surface area contributed by atoms with Crippen LogP contribution in [0.1, 0.15) is 28.8 Å². The first-order chi connectivity index (χ1) is 12.0. The molecule has 4 heteroatoms. The van der Waals surface area contributed by atoms with Crippen LogP contribution in [0.5, 0.6) is 0 Å². The summed E-state index contributed by atoms with van der Waals surface area (Å²) in [6.45, 7) is 5.01. The highest BCUT2D eigenvalue weighted by Crippen LogP contribution is 2.44. The average molecular weight is 333 g/mol. The Kier molecular flexibility index (Phi) is 3.83. The molecule has 0 saturated heterocycles. The zero-order chi connectivity index (χ0) is 17.6. The zero-order valence-electron chi connectivity index (χ0n) is 15.0. The first kappa shape index (κ1) is 15.9. The lowest BCUT2D eigenvalue weighted by atomic mass is 9.96. The Balaban J connectivity index is 1.66. The van der Waals surface area contributed by atoms with Gasteiger partial charge in [-0.3, -0.25) is 9.78 Å². The van der Waals surface area contributed by atoms with Crippen molar-refractivity contribution in [1.29, 1.82) is 0 Å². The highest BCUT2D eigenvalue weighted by molar-refractivity contribution is 5.95. The number of fused-ring (bicyclic) bond motifs is 3. The molecule has 0 spiro atoms. The van der Waals surface area contributed by atoms with E-state index < -0.39 is 0 Å². The summed E-state index contributed by atoms with van der Waals surface area (Å²) in [4.78, 5) is 20.8. The number of aryl methyl sites for hydroxylation is 2. The molecular formula is C21H23N3O. The molecule has 1 atom stereocenters. The van der Waals surface area contributed by atoms with Gasteiger partial charge in [-0.25, -0.2) is 0 Å². The summed E-state index contributed by atoms with van der Waals surface area (Å²) in [6, 6.07) is 10.9. The number of nitrogens with zero attached hydrogens (tertiary/aromatic N) is 3. The number of aromatic nitrogens is 1. The first-order valence-electron chi connectivity index (χ1n) is 8.79. The molecule has 128 valence electrons. The molecule has 0 fully saturated rings. The fraction of sp³-hybridized carbons (Fsp3) is 0.333. The van der Waals surface area contributed by atoms with Crippen molar-refractivity contribution < 1.29 is 4.79 Å². The van der Waals surface area contributed by atoms with Gasteiger partial charge in [0.1, 0.15) is 0 Å². The SMILES string of the molecule is Cc1ccc2c(c1)C1=CN(C)C(=O)CC1N2CCc1ccc(C)nc1. The van der Waals surface area contributed by atoms with Gasteiger partial charge in [0.15, 0.2) is 0 Å². The molecule has 0 aliphatic carbocycles. The summed E-state index contributed by atoms with van der Waals surface area (Å²) in [5, 5.41) is 0. The number of carbonyl (C=O) groups is 1. The van der Waals surface area contributed by atoms with E-state index >= 15 is 0 Å². The van der Waals surface area contributed by atoms with Gasteiger partial charge < -0.3 is 9.80 Å². The smallest absolute Gasteiger partial charge is 0.228 e. The topological polar surface area (TPSA) is 36.4 Å². The second-order valence-electron chi connectivity index (χ2n) is 7.08. The number of carbonyl (C=O) groups excluding carboxylic acids is 1. The van der Waals surface area contributed by atoms with Crippen molar-refractivity contribution in [3.05, 3.63) is 65.1 Å². The lowest BCUT2D eigenvalue weighted by Gasteiger charge is -2.31. The highest BCUT2D eigenvalue weighted by Gasteiger charge is 2.38. The van der Waals surface area contributed by atoms with Gasteiger partial charge in [-0.1, -0.05) is 17.7 Å². The van der Waals surface area contributed by atoms with Crippen LogP contribution < -0.4 is 4.90 Å². The van der Waals surface area contributed by atoms with Crippen LogP contribution in [0.25, 0.3) is 5.57 Å². The summed E-state index contributed by atoms with van der Waals surface area (Å²) in [7, 11) is 1.85. The summed E-state index contributed by atoms with van der Waals surface area (Å²) < 4.78 is 0. The number of amides is 1. The van der Waals surface area contributed by atoms with E-state index in [9.17, 15) is 4.79 Å². The van der Waals surface area contributed by atoms with Crippen LogP contribution in [-0.4, -0.2) is 35.4 Å². The number of pyridine rings is 1. The molecule has 0 radical (unpaired) electrons. The predicted octanol–water partition coefficient (Wildman–Crippen LogP) is 3.33. The van der Waals surface area contributed by atoms with E-state index in [4.69, 9.17) is 0 Å². The van der Waals surface area contributed by atoms with Gasteiger partial charge in [0.05, 0.1) is 12.5 Å². The zero-order valence-corrected chi connectivity index (χ0v) is 15.0. The molecule has 3 heterocycles. The number of hydrogen-bond donors (Lipinski definition) is 0. The molecule has 4 rings (SSSR count). The molecule has 2 aromatic rings. The largest absolute Gasteiger partial charge is 0.363 e. The maximum absolute atomic E-state index is 12.3. The van der Waals surface area contributed by atoms with Crippen LogP contribution in [0.3, 0.4) is 0 Å². The molecule has 2 aliphatic heterocycles. The predicted molar refractivity (Wildman–Crippen MR) is 100 cm³/mol. The second kappa shape index (κ2) is 6.03. The van der Waals surface area contributed by atoms with Crippen molar-refractivity contribution in [3.63, 3.8) is 0 Å². The van der Waals surface area contributed by atoms with E-state index in [1.807, 2.05) is 26.4 Å². The van der Waals surface area contributed by atoms with Crippen LogP contribution >= 0.6 is 0 Å². The highest BCUT2D eigenvalue weighted by atomic mass is 16.2. The van der Waals surface area contributed by atoms with Crippen LogP contribution in [-0.2, 0) is 11.2 Å².